The van der Waals surface area contributed by atoms with Crippen LogP contribution in [0.25, 0.3) is 0 Å². The molecule has 0 aromatic heterocycles. The molecule has 0 atom stereocenters. The van der Waals surface area contributed by atoms with Crippen LogP contribution in [-0.2, 0) is 9.31 Å². The molecule has 0 bridgehead atoms. The number of hydrogen-bond acceptors (Lipinski definition) is 4. The maximum Gasteiger partial charge on any atom is 0.641 e. The predicted molar refractivity (Wildman–Crippen MR) is 50.0 cm³/mol. The average molecular weight is 210 g/mol. The normalized spacial score (nSPS) is 9.07. The van der Waals surface area contributed by atoms with Gasteiger partial charge in [0.15, 0.2) is 0 Å². The first-order chi connectivity index (χ1) is 7.09. The van der Waals surface area contributed by atoms with E-state index in [1.165, 1.54) is 12.1 Å². The SMILES string of the molecule is O=C(O)OB(OC(=O)O)c1ccccc1. The minimum Gasteiger partial charge on any atom is -0.463 e. The molecule has 0 aliphatic heterocycles. The van der Waals surface area contributed by atoms with Gasteiger partial charge in [0, 0.05) is 5.46 Å². The van der Waals surface area contributed by atoms with E-state index in [0.29, 0.717) is 5.46 Å². The summed E-state index contributed by atoms with van der Waals surface area (Å²) in [7, 11) is -1.46. The molecule has 6 nitrogen and oxygen atoms in total. The van der Waals surface area contributed by atoms with Crippen LogP contribution in [-0.4, -0.2) is 29.6 Å². The zero-order chi connectivity index (χ0) is 11.3. The maximum absolute atomic E-state index is 10.3. The molecule has 0 radical (unpaired) electrons. The Kier molecular flexibility index (Phi) is 3.56. The first-order valence-electron chi connectivity index (χ1n) is 3.93. The number of carboxylic acid groups (broad SMARTS) is 2. The van der Waals surface area contributed by atoms with Crippen molar-refractivity contribution in [3.05, 3.63) is 30.3 Å². The lowest BCUT2D eigenvalue weighted by Crippen LogP contribution is -2.39. The molecule has 0 unspecified atom stereocenters. The van der Waals surface area contributed by atoms with Gasteiger partial charge in [-0.05, 0) is 0 Å². The molecule has 2 N–H and O–H groups in total. The first-order valence-corrected chi connectivity index (χ1v) is 3.93. The highest BCUT2D eigenvalue weighted by Gasteiger charge is 2.30. The lowest BCUT2D eigenvalue weighted by atomic mass is 9.79. The second kappa shape index (κ2) is 4.89. The molecule has 0 heterocycles. The Morgan fingerprint density at radius 2 is 1.47 bits per heavy atom. The van der Waals surface area contributed by atoms with Crippen molar-refractivity contribution in [2.24, 2.45) is 0 Å². The van der Waals surface area contributed by atoms with Crippen molar-refractivity contribution in [3.63, 3.8) is 0 Å². The maximum atomic E-state index is 10.3. The van der Waals surface area contributed by atoms with Crippen LogP contribution in [0.15, 0.2) is 30.3 Å². The van der Waals surface area contributed by atoms with Gasteiger partial charge in [-0.25, -0.2) is 9.59 Å². The molecule has 0 saturated heterocycles. The van der Waals surface area contributed by atoms with E-state index in [1.807, 2.05) is 0 Å². The van der Waals surface area contributed by atoms with Crippen LogP contribution in [0.3, 0.4) is 0 Å². The van der Waals surface area contributed by atoms with Gasteiger partial charge in [-0.3, -0.25) is 0 Å². The molecule has 1 aromatic carbocycles. The Labute approximate surface area is 85.2 Å². The molecule has 0 spiro atoms. The van der Waals surface area contributed by atoms with Crippen molar-refractivity contribution < 1.29 is 29.1 Å². The second-order valence-electron chi connectivity index (χ2n) is 2.51. The van der Waals surface area contributed by atoms with Crippen LogP contribution in [0.1, 0.15) is 0 Å². The van der Waals surface area contributed by atoms with Crippen molar-refractivity contribution in [1.29, 1.82) is 0 Å². The first kappa shape index (κ1) is 10.9. The van der Waals surface area contributed by atoms with Gasteiger partial charge in [-0.15, -0.1) is 0 Å². The van der Waals surface area contributed by atoms with Crippen molar-refractivity contribution >= 4 is 24.9 Å². The Hall–Kier alpha value is -2.18. The molecular weight excluding hydrogens is 203 g/mol. The Morgan fingerprint density at radius 1 is 1.00 bits per heavy atom. The average Bonchev–Trinajstić information content (AvgIpc) is 2.17. The lowest BCUT2D eigenvalue weighted by Gasteiger charge is -2.09. The highest BCUT2D eigenvalue weighted by molar-refractivity contribution is 6.64. The van der Waals surface area contributed by atoms with Gasteiger partial charge >= 0.3 is 19.4 Å². The standard InChI is InChI=1S/C8H7BO6/c10-7(11)14-9(15-8(12)13)6-4-2-1-3-5-6/h1-5H,(H,10,11)(H,12,13). The smallest absolute Gasteiger partial charge is 0.463 e. The van der Waals surface area contributed by atoms with E-state index < -0.39 is 19.4 Å². The molecule has 0 fully saturated rings. The van der Waals surface area contributed by atoms with E-state index in [-0.39, 0.29) is 0 Å². The van der Waals surface area contributed by atoms with Gasteiger partial charge < -0.3 is 19.5 Å². The van der Waals surface area contributed by atoms with Crippen LogP contribution in [0.5, 0.6) is 0 Å². The van der Waals surface area contributed by atoms with Crippen LogP contribution in [0, 0.1) is 0 Å². The van der Waals surface area contributed by atoms with Crippen LogP contribution >= 0.6 is 0 Å². The molecule has 0 amide bonds. The van der Waals surface area contributed by atoms with Crippen LogP contribution in [0.2, 0.25) is 0 Å². The molecule has 78 valence electrons. The third-order valence-electron chi connectivity index (χ3n) is 1.49. The van der Waals surface area contributed by atoms with Gasteiger partial charge in [0.05, 0.1) is 0 Å². The van der Waals surface area contributed by atoms with Gasteiger partial charge in [-0.2, -0.15) is 0 Å². The largest absolute Gasteiger partial charge is 0.641 e. The quantitative estimate of drug-likeness (QED) is 0.715. The summed E-state index contributed by atoms with van der Waals surface area (Å²) in [6.07, 6.45) is -3.21. The minimum absolute atomic E-state index is 0.308. The van der Waals surface area contributed by atoms with E-state index in [4.69, 9.17) is 10.2 Å². The topological polar surface area (TPSA) is 93.1 Å². The van der Waals surface area contributed by atoms with Crippen LogP contribution in [0.4, 0.5) is 9.59 Å². The fourth-order valence-electron chi connectivity index (χ4n) is 0.953. The third-order valence-corrected chi connectivity index (χ3v) is 1.49. The van der Waals surface area contributed by atoms with Gasteiger partial charge in [0.25, 0.3) is 0 Å². The summed E-state index contributed by atoms with van der Waals surface area (Å²) in [6, 6.07) is 7.91. The number of benzene rings is 1. The van der Waals surface area contributed by atoms with E-state index >= 15 is 0 Å². The van der Waals surface area contributed by atoms with Crippen molar-refractivity contribution in [3.8, 4) is 0 Å². The van der Waals surface area contributed by atoms with Gasteiger partial charge in [0.2, 0.25) is 0 Å². The molecule has 1 rings (SSSR count). The molecule has 7 heteroatoms. The summed E-state index contributed by atoms with van der Waals surface area (Å²) in [5.41, 5.74) is 0.308. The Bertz CT molecular complexity index is 335. The van der Waals surface area contributed by atoms with Gasteiger partial charge in [-0.1, -0.05) is 30.3 Å². The summed E-state index contributed by atoms with van der Waals surface area (Å²) in [5, 5.41) is 16.7. The van der Waals surface area contributed by atoms with E-state index in [2.05, 4.69) is 9.31 Å². The Morgan fingerprint density at radius 3 is 1.87 bits per heavy atom. The third kappa shape index (κ3) is 3.59. The van der Waals surface area contributed by atoms with E-state index in [9.17, 15) is 9.59 Å². The van der Waals surface area contributed by atoms with Crippen LogP contribution < -0.4 is 5.46 Å². The lowest BCUT2D eigenvalue weighted by molar-refractivity contribution is 0.116. The fraction of sp³-hybridized carbons (Fsp3) is 0. The summed E-state index contributed by atoms with van der Waals surface area (Å²) < 4.78 is 8.52. The Balaban J connectivity index is 2.81. The fourth-order valence-corrected chi connectivity index (χ4v) is 0.953. The summed E-state index contributed by atoms with van der Waals surface area (Å²) in [5.74, 6) is 0. The van der Waals surface area contributed by atoms with E-state index in [0.717, 1.165) is 0 Å². The summed E-state index contributed by atoms with van der Waals surface area (Å²) in [4.78, 5) is 20.5. The highest BCUT2D eigenvalue weighted by atomic mass is 16.7. The second-order valence-corrected chi connectivity index (χ2v) is 2.51. The molecule has 0 saturated carbocycles. The van der Waals surface area contributed by atoms with Crippen molar-refractivity contribution in [2.45, 2.75) is 0 Å². The summed E-state index contributed by atoms with van der Waals surface area (Å²) >= 11 is 0. The molecular formula is C8H7BO6. The van der Waals surface area contributed by atoms with Crippen molar-refractivity contribution in [1.82, 2.24) is 0 Å². The molecule has 15 heavy (non-hydrogen) atoms. The number of hydrogen-bond donors (Lipinski definition) is 2. The summed E-state index contributed by atoms with van der Waals surface area (Å²) in [6.45, 7) is 0. The number of carbonyl (C=O) groups is 2. The zero-order valence-electron chi connectivity index (χ0n) is 7.49. The monoisotopic (exact) mass is 210 g/mol. The predicted octanol–water partition coefficient (Wildman–Crippen LogP) is 0.771. The zero-order valence-corrected chi connectivity index (χ0v) is 7.49. The molecule has 1 aromatic rings. The van der Waals surface area contributed by atoms with E-state index in [1.54, 1.807) is 18.2 Å². The number of rotatable bonds is 3. The van der Waals surface area contributed by atoms with Gasteiger partial charge in [0.1, 0.15) is 0 Å². The minimum atomic E-state index is -1.61. The molecule has 0 aliphatic rings. The highest BCUT2D eigenvalue weighted by Crippen LogP contribution is 1.94. The van der Waals surface area contributed by atoms with Crippen molar-refractivity contribution in [2.75, 3.05) is 0 Å². The molecule has 0 aliphatic carbocycles.